The van der Waals surface area contributed by atoms with E-state index in [1.54, 1.807) is 23.5 Å². The summed E-state index contributed by atoms with van der Waals surface area (Å²) in [6, 6.07) is 6.46. The lowest BCUT2D eigenvalue weighted by atomic mass is 9.99. The molecule has 0 amide bonds. The Balaban J connectivity index is 2.51. The number of benzene rings is 1. The van der Waals surface area contributed by atoms with Gasteiger partial charge in [-0.2, -0.15) is 0 Å². The molecule has 0 saturated heterocycles. The van der Waals surface area contributed by atoms with Gasteiger partial charge in [-0.15, -0.1) is 11.3 Å². The van der Waals surface area contributed by atoms with Gasteiger partial charge in [0.1, 0.15) is 5.82 Å². The molecule has 0 spiro atoms. The highest BCUT2D eigenvalue weighted by molar-refractivity contribution is 9.11. The minimum Gasteiger partial charge on any atom is -0.309 e. The second-order valence-electron chi connectivity index (χ2n) is 3.95. The lowest BCUT2D eigenvalue weighted by Crippen LogP contribution is -2.19. The van der Waals surface area contributed by atoms with Crippen LogP contribution in [0.2, 0.25) is 5.02 Å². The highest BCUT2D eigenvalue weighted by Gasteiger charge is 2.20. The van der Waals surface area contributed by atoms with Crippen LogP contribution in [0.3, 0.4) is 0 Å². The van der Waals surface area contributed by atoms with Crippen LogP contribution in [-0.2, 0) is 0 Å². The molecule has 1 aromatic heterocycles. The molecule has 1 aromatic carbocycles. The first-order valence-corrected chi connectivity index (χ1v) is 7.39. The molecule has 0 bridgehead atoms. The van der Waals surface area contributed by atoms with Crippen LogP contribution in [0.15, 0.2) is 28.1 Å². The standard InChI is InChI=1S/C13H12BrClFNS/c1-7-9(6-12(14)18-7)13(17-2)10-5-8(15)3-4-11(10)16/h3-6,13,17H,1-2H3. The second-order valence-corrected chi connectivity index (χ2v) is 7.02. The van der Waals surface area contributed by atoms with E-state index < -0.39 is 0 Å². The van der Waals surface area contributed by atoms with E-state index in [-0.39, 0.29) is 11.9 Å². The second kappa shape index (κ2) is 5.70. The summed E-state index contributed by atoms with van der Waals surface area (Å²) in [6.45, 7) is 2.03. The molecule has 5 heteroatoms. The number of nitrogens with one attached hydrogen (secondary N) is 1. The predicted molar refractivity (Wildman–Crippen MR) is 79.1 cm³/mol. The number of aryl methyl sites for hydroxylation is 1. The first kappa shape index (κ1) is 14.0. The van der Waals surface area contributed by atoms with E-state index in [2.05, 4.69) is 21.2 Å². The number of hydrogen-bond acceptors (Lipinski definition) is 2. The molecule has 1 atom stereocenters. The molecule has 2 rings (SSSR count). The Morgan fingerprint density at radius 2 is 2.06 bits per heavy atom. The maximum absolute atomic E-state index is 13.9. The largest absolute Gasteiger partial charge is 0.309 e. The molecule has 0 aliphatic heterocycles. The summed E-state index contributed by atoms with van der Waals surface area (Å²) in [5.41, 5.74) is 1.63. The first-order chi connectivity index (χ1) is 8.52. The molecule has 1 unspecified atom stereocenters. The molecule has 1 heterocycles. The van der Waals surface area contributed by atoms with Crippen molar-refractivity contribution in [2.75, 3.05) is 7.05 Å². The summed E-state index contributed by atoms with van der Waals surface area (Å²) in [5, 5.41) is 3.68. The SMILES string of the molecule is CNC(c1cc(Cl)ccc1F)c1cc(Br)sc1C. The Kier molecular flexibility index (Phi) is 4.43. The molecule has 0 fully saturated rings. The lowest BCUT2D eigenvalue weighted by molar-refractivity contribution is 0.576. The van der Waals surface area contributed by atoms with Crippen molar-refractivity contribution < 1.29 is 4.39 Å². The van der Waals surface area contributed by atoms with Gasteiger partial charge in [0.15, 0.2) is 0 Å². The molecule has 2 aromatic rings. The van der Waals surface area contributed by atoms with Crippen LogP contribution in [0.5, 0.6) is 0 Å². The fourth-order valence-electron chi connectivity index (χ4n) is 1.96. The van der Waals surface area contributed by atoms with Gasteiger partial charge in [0.2, 0.25) is 0 Å². The number of hydrogen-bond donors (Lipinski definition) is 1. The summed E-state index contributed by atoms with van der Waals surface area (Å²) in [4.78, 5) is 1.15. The van der Waals surface area contributed by atoms with Crippen molar-refractivity contribution in [3.05, 3.63) is 54.9 Å². The van der Waals surface area contributed by atoms with Crippen molar-refractivity contribution in [2.24, 2.45) is 0 Å². The maximum atomic E-state index is 13.9. The van der Waals surface area contributed by atoms with Gasteiger partial charge in [0, 0.05) is 15.5 Å². The van der Waals surface area contributed by atoms with Gasteiger partial charge in [0.25, 0.3) is 0 Å². The maximum Gasteiger partial charge on any atom is 0.128 e. The topological polar surface area (TPSA) is 12.0 Å². The molecular weight excluding hydrogens is 337 g/mol. The third-order valence-corrected chi connectivity index (χ3v) is 4.60. The van der Waals surface area contributed by atoms with Crippen LogP contribution < -0.4 is 5.32 Å². The molecule has 0 aliphatic rings. The average molecular weight is 349 g/mol. The van der Waals surface area contributed by atoms with Crippen LogP contribution in [-0.4, -0.2) is 7.05 Å². The van der Waals surface area contributed by atoms with Crippen LogP contribution in [0.25, 0.3) is 0 Å². The van der Waals surface area contributed by atoms with Crippen molar-refractivity contribution in [3.63, 3.8) is 0 Å². The lowest BCUT2D eigenvalue weighted by Gasteiger charge is -2.17. The summed E-state index contributed by atoms with van der Waals surface area (Å²) in [7, 11) is 1.82. The minimum absolute atomic E-state index is 0.189. The average Bonchev–Trinajstić information content (AvgIpc) is 2.64. The minimum atomic E-state index is -0.250. The molecule has 96 valence electrons. The van der Waals surface area contributed by atoms with Gasteiger partial charge < -0.3 is 5.32 Å². The van der Waals surface area contributed by atoms with Gasteiger partial charge in [-0.25, -0.2) is 4.39 Å². The van der Waals surface area contributed by atoms with Gasteiger partial charge in [-0.05, 0) is 59.7 Å². The third-order valence-electron chi connectivity index (χ3n) is 2.79. The van der Waals surface area contributed by atoms with E-state index in [4.69, 9.17) is 11.6 Å². The molecule has 0 saturated carbocycles. The van der Waals surface area contributed by atoms with Crippen molar-refractivity contribution in [2.45, 2.75) is 13.0 Å². The van der Waals surface area contributed by atoms with E-state index in [0.717, 1.165) is 14.2 Å². The zero-order valence-electron chi connectivity index (χ0n) is 9.93. The first-order valence-electron chi connectivity index (χ1n) is 5.41. The number of rotatable bonds is 3. The Bertz CT molecular complexity index is 570. The predicted octanol–water partition coefficient (Wildman–Crippen LogP) is 4.92. The van der Waals surface area contributed by atoms with Crippen LogP contribution in [0.1, 0.15) is 22.0 Å². The van der Waals surface area contributed by atoms with Crippen molar-refractivity contribution in [3.8, 4) is 0 Å². The zero-order valence-corrected chi connectivity index (χ0v) is 13.1. The van der Waals surface area contributed by atoms with E-state index in [1.807, 2.05) is 20.0 Å². The van der Waals surface area contributed by atoms with E-state index in [0.29, 0.717) is 10.6 Å². The number of thiophene rings is 1. The molecule has 1 nitrogen and oxygen atoms in total. The van der Waals surface area contributed by atoms with E-state index >= 15 is 0 Å². The molecular formula is C13H12BrClFNS. The quantitative estimate of drug-likeness (QED) is 0.830. The van der Waals surface area contributed by atoms with Gasteiger partial charge in [0.05, 0.1) is 9.83 Å². The number of halogens is 3. The summed E-state index contributed by atoms with van der Waals surface area (Å²) >= 11 is 11.0. The zero-order chi connectivity index (χ0) is 13.3. The molecule has 18 heavy (non-hydrogen) atoms. The highest BCUT2D eigenvalue weighted by atomic mass is 79.9. The Labute approximate surface area is 123 Å². The summed E-state index contributed by atoms with van der Waals surface area (Å²) < 4.78 is 15.0. The van der Waals surface area contributed by atoms with Gasteiger partial charge in [-0.3, -0.25) is 0 Å². The van der Waals surface area contributed by atoms with Crippen LogP contribution >= 0.6 is 38.9 Å². The third kappa shape index (κ3) is 2.77. The van der Waals surface area contributed by atoms with Crippen LogP contribution in [0.4, 0.5) is 4.39 Å². The van der Waals surface area contributed by atoms with E-state index in [9.17, 15) is 4.39 Å². The molecule has 0 radical (unpaired) electrons. The summed E-state index contributed by atoms with van der Waals surface area (Å²) in [6.07, 6.45) is 0. The van der Waals surface area contributed by atoms with E-state index in [1.165, 1.54) is 6.07 Å². The van der Waals surface area contributed by atoms with Gasteiger partial charge in [-0.1, -0.05) is 11.6 Å². The Morgan fingerprint density at radius 3 is 2.61 bits per heavy atom. The smallest absolute Gasteiger partial charge is 0.128 e. The fraction of sp³-hybridized carbons (Fsp3) is 0.231. The normalized spacial score (nSPS) is 12.7. The summed E-state index contributed by atoms with van der Waals surface area (Å²) in [5.74, 6) is -0.250. The Hall–Kier alpha value is -0.420. The monoisotopic (exact) mass is 347 g/mol. The van der Waals surface area contributed by atoms with Crippen LogP contribution in [0, 0.1) is 12.7 Å². The Morgan fingerprint density at radius 1 is 1.33 bits per heavy atom. The van der Waals surface area contributed by atoms with Gasteiger partial charge >= 0.3 is 0 Å². The van der Waals surface area contributed by atoms with Crippen molar-refractivity contribution in [1.29, 1.82) is 0 Å². The highest BCUT2D eigenvalue weighted by Crippen LogP contribution is 2.35. The fourth-order valence-corrected chi connectivity index (χ4v) is 3.89. The molecule has 0 aliphatic carbocycles. The van der Waals surface area contributed by atoms with Crippen molar-refractivity contribution >= 4 is 38.9 Å². The van der Waals surface area contributed by atoms with Crippen molar-refractivity contribution in [1.82, 2.24) is 5.32 Å². The molecule has 1 N–H and O–H groups in total.